The first-order valence-corrected chi connectivity index (χ1v) is 8.44. The molecule has 1 N–H and O–H groups in total. The Hall–Kier alpha value is -3.41. The van der Waals surface area contributed by atoms with E-state index in [9.17, 15) is 9.59 Å². The molecule has 6 heteroatoms. The van der Waals surface area contributed by atoms with Gasteiger partial charge < -0.3 is 14.7 Å². The van der Waals surface area contributed by atoms with Crippen LogP contribution in [0.2, 0.25) is 0 Å². The summed E-state index contributed by atoms with van der Waals surface area (Å²) in [6.45, 7) is 0.685. The number of carbonyl (C=O) groups excluding carboxylic acids is 2. The Kier molecular flexibility index (Phi) is 4.23. The zero-order chi connectivity index (χ0) is 17.9. The van der Waals surface area contributed by atoms with Crippen molar-refractivity contribution in [1.29, 1.82) is 0 Å². The lowest BCUT2D eigenvalue weighted by atomic mass is 10.00. The predicted octanol–water partition coefficient (Wildman–Crippen LogP) is 3.52. The average Bonchev–Trinajstić information content (AvgIpc) is 3.22. The van der Waals surface area contributed by atoms with Gasteiger partial charge in [-0.3, -0.25) is 9.59 Å². The van der Waals surface area contributed by atoms with Crippen molar-refractivity contribution in [3.8, 4) is 0 Å². The number of hydrogen-bond donors (Lipinski definition) is 1. The maximum absolute atomic E-state index is 12.8. The van der Waals surface area contributed by atoms with E-state index in [4.69, 9.17) is 4.52 Å². The summed E-state index contributed by atoms with van der Waals surface area (Å²) in [7, 11) is 0. The van der Waals surface area contributed by atoms with E-state index in [-0.39, 0.29) is 17.6 Å². The number of anilines is 2. The zero-order valence-electron chi connectivity index (χ0n) is 14.0. The molecule has 1 aromatic heterocycles. The van der Waals surface area contributed by atoms with Crippen LogP contribution >= 0.6 is 0 Å². The van der Waals surface area contributed by atoms with Gasteiger partial charge in [-0.1, -0.05) is 23.4 Å². The summed E-state index contributed by atoms with van der Waals surface area (Å²) in [6.07, 6.45) is 3.17. The Balaban J connectivity index is 1.58. The molecule has 1 aliphatic heterocycles. The molecule has 0 spiro atoms. The van der Waals surface area contributed by atoms with Crippen LogP contribution in [0.1, 0.15) is 32.9 Å². The fourth-order valence-corrected chi connectivity index (χ4v) is 3.15. The van der Waals surface area contributed by atoms with Crippen molar-refractivity contribution in [3.63, 3.8) is 0 Å². The molecule has 3 aromatic rings. The second-order valence-electron chi connectivity index (χ2n) is 6.10. The number of nitrogens with zero attached hydrogens (tertiary/aromatic N) is 2. The van der Waals surface area contributed by atoms with Gasteiger partial charge in [-0.05, 0) is 48.7 Å². The number of aromatic nitrogens is 1. The predicted molar refractivity (Wildman–Crippen MR) is 97.3 cm³/mol. The zero-order valence-corrected chi connectivity index (χ0v) is 14.0. The van der Waals surface area contributed by atoms with Gasteiger partial charge in [-0.15, -0.1) is 0 Å². The van der Waals surface area contributed by atoms with Crippen LogP contribution in [0.3, 0.4) is 0 Å². The molecule has 2 aromatic carbocycles. The monoisotopic (exact) mass is 347 g/mol. The maximum Gasteiger partial charge on any atom is 0.294 e. The molecule has 0 saturated heterocycles. The van der Waals surface area contributed by atoms with E-state index in [0.717, 1.165) is 24.1 Å². The third kappa shape index (κ3) is 3.09. The van der Waals surface area contributed by atoms with Crippen molar-refractivity contribution >= 4 is 23.2 Å². The minimum atomic E-state index is -0.351. The van der Waals surface area contributed by atoms with Gasteiger partial charge in [0.15, 0.2) is 0 Å². The first kappa shape index (κ1) is 16.1. The summed E-state index contributed by atoms with van der Waals surface area (Å²) in [5, 5.41) is 6.33. The summed E-state index contributed by atoms with van der Waals surface area (Å²) >= 11 is 0. The van der Waals surface area contributed by atoms with Crippen molar-refractivity contribution in [2.75, 3.05) is 16.8 Å². The molecule has 0 saturated carbocycles. The molecule has 0 atom stereocenters. The lowest BCUT2D eigenvalue weighted by Gasteiger charge is -2.30. The van der Waals surface area contributed by atoms with Gasteiger partial charge in [0.2, 0.25) is 5.76 Å². The molecule has 130 valence electrons. The molecule has 6 nitrogen and oxygen atoms in total. The van der Waals surface area contributed by atoms with Crippen molar-refractivity contribution in [1.82, 2.24) is 5.16 Å². The molecule has 1 aliphatic rings. The first-order chi connectivity index (χ1) is 12.7. The number of hydrogen-bond acceptors (Lipinski definition) is 4. The second-order valence-corrected chi connectivity index (χ2v) is 6.10. The molecule has 2 heterocycles. The number of fused-ring (bicyclic) bond motifs is 1. The Morgan fingerprint density at radius 3 is 2.69 bits per heavy atom. The normalized spacial score (nSPS) is 13.2. The van der Waals surface area contributed by atoms with Gasteiger partial charge >= 0.3 is 0 Å². The van der Waals surface area contributed by atoms with Gasteiger partial charge in [0.1, 0.15) is 0 Å². The molecule has 26 heavy (non-hydrogen) atoms. The number of amides is 2. The summed E-state index contributed by atoms with van der Waals surface area (Å²) < 4.78 is 4.86. The number of carbonyl (C=O) groups is 2. The smallest absolute Gasteiger partial charge is 0.294 e. The van der Waals surface area contributed by atoms with E-state index < -0.39 is 0 Å². The highest BCUT2D eigenvalue weighted by Gasteiger charge is 2.24. The van der Waals surface area contributed by atoms with Crippen LogP contribution in [0.5, 0.6) is 0 Å². The maximum atomic E-state index is 12.8. The minimum absolute atomic E-state index is 0.00926. The third-order valence-corrected chi connectivity index (χ3v) is 4.38. The van der Waals surface area contributed by atoms with E-state index in [2.05, 4.69) is 10.5 Å². The molecule has 4 rings (SSSR count). The Morgan fingerprint density at radius 2 is 1.92 bits per heavy atom. The second kappa shape index (κ2) is 6.84. The molecule has 2 amide bonds. The minimum Gasteiger partial charge on any atom is -0.351 e. The quantitative estimate of drug-likeness (QED) is 0.786. The number of rotatable bonds is 3. The molecular weight excluding hydrogens is 330 g/mol. The van der Waals surface area contributed by atoms with Gasteiger partial charge in [0, 0.05) is 29.5 Å². The third-order valence-electron chi connectivity index (χ3n) is 4.38. The van der Waals surface area contributed by atoms with Crippen LogP contribution in [-0.2, 0) is 6.42 Å². The molecular formula is C20H17N3O3. The summed E-state index contributed by atoms with van der Waals surface area (Å²) in [4.78, 5) is 26.7. The highest BCUT2D eigenvalue weighted by molar-refractivity contribution is 6.07. The topological polar surface area (TPSA) is 75.4 Å². The van der Waals surface area contributed by atoms with Crippen LogP contribution in [0.25, 0.3) is 0 Å². The number of nitrogens with one attached hydrogen (secondary N) is 1. The van der Waals surface area contributed by atoms with Gasteiger partial charge in [0.25, 0.3) is 11.8 Å². The SMILES string of the molecule is O=C(Nc1ccc2c(c1)CCCN2C(=O)c1ccccc1)c1ccno1. The first-order valence-electron chi connectivity index (χ1n) is 8.44. The fourth-order valence-electron chi connectivity index (χ4n) is 3.15. The molecule has 0 radical (unpaired) electrons. The Bertz CT molecular complexity index is 936. The summed E-state index contributed by atoms with van der Waals surface area (Å²) in [5.41, 5.74) is 3.26. The van der Waals surface area contributed by atoms with Gasteiger partial charge in [-0.25, -0.2) is 0 Å². The summed E-state index contributed by atoms with van der Waals surface area (Å²) in [6, 6.07) is 16.4. The van der Waals surface area contributed by atoms with E-state index >= 15 is 0 Å². The molecule has 0 aliphatic carbocycles. The van der Waals surface area contributed by atoms with Crippen LogP contribution in [-0.4, -0.2) is 23.5 Å². The largest absolute Gasteiger partial charge is 0.351 e. The van der Waals surface area contributed by atoms with E-state index in [0.29, 0.717) is 17.8 Å². The highest BCUT2D eigenvalue weighted by Crippen LogP contribution is 2.31. The molecule has 0 bridgehead atoms. The lowest BCUT2D eigenvalue weighted by molar-refractivity contribution is 0.0978. The summed E-state index contributed by atoms with van der Waals surface area (Å²) in [5.74, 6) is -0.205. The van der Waals surface area contributed by atoms with Crippen LogP contribution in [0, 0.1) is 0 Å². The van der Waals surface area contributed by atoms with Crippen LogP contribution < -0.4 is 10.2 Å². The van der Waals surface area contributed by atoms with Crippen LogP contribution in [0.15, 0.2) is 65.3 Å². The van der Waals surface area contributed by atoms with E-state index in [1.807, 2.05) is 42.5 Å². The van der Waals surface area contributed by atoms with Crippen molar-refractivity contribution in [2.24, 2.45) is 0 Å². The standard InChI is InChI=1S/C20H17N3O3/c24-19(18-10-11-21-26-18)22-16-8-9-17-15(13-16)7-4-12-23(17)20(25)14-5-2-1-3-6-14/h1-3,5-6,8-11,13H,4,7,12H2,(H,22,24). The van der Waals surface area contributed by atoms with Crippen molar-refractivity contribution < 1.29 is 14.1 Å². The van der Waals surface area contributed by atoms with E-state index in [1.165, 1.54) is 12.3 Å². The average molecular weight is 347 g/mol. The Labute approximate surface area is 150 Å². The van der Waals surface area contributed by atoms with Gasteiger partial charge in [-0.2, -0.15) is 0 Å². The number of aryl methyl sites for hydroxylation is 1. The molecule has 0 fully saturated rings. The lowest BCUT2D eigenvalue weighted by Crippen LogP contribution is -2.35. The number of benzene rings is 2. The molecule has 0 unspecified atom stereocenters. The van der Waals surface area contributed by atoms with Crippen molar-refractivity contribution in [2.45, 2.75) is 12.8 Å². The van der Waals surface area contributed by atoms with Gasteiger partial charge in [0.05, 0.1) is 6.20 Å². The fraction of sp³-hybridized carbons (Fsp3) is 0.150. The van der Waals surface area contributed by atoms with Crippen molar-refractivity contribution in [3.05, 3.63) is 77.7 Å². The highest BCUT2D eigenvalue weighted by atomic mass is 16.5. The Morgan fingerprint density at radius 1 is 1.08 bits per heavy atom. The van der Waals surface area contributed by atoms with Crippen LogP contribution in [0.4, 0.5) is 11.4 Å². The van der Waals surface area contributed by atoms with E-state index in [1.54, 1.807) is 11.0 Å².